The second-order valence-corrected chi connectivity index (χ2v) is 13.5. The smallest absolute Gasteiger partial charge is 0.480 e. The Hall–Kier alpha value is -4.96. The fourth-order valence-corrected chi connectivity index (χ4v) is 8.13. The molecule has 2 fully saturated rings. The number of rotatable bonds is 15. The van der Waals surface area contributed by atoms with Crippen LogP contribution in [-0.2, 0) is 38.3 Å². The second-order valence-electron chi connectivity index (χ2n) is 13.5. The van der Waals surface area contributed by atoms with Crippen LogP contribution in [0.1, 0.15) is 46.0 Å². The van der Waals surface area contributed by atoms with Gasteiger partial charge in [0.25, 0.3) is 10.2 Å². The molecule has 52 heavy (non-hydrogen) atoms. The number of nitrogens with one attached hydrogen (secondary N) is 1. The third kappa shape index (κ3) is 7.21. The first-order valence-corrected chi connectivity index (χ1v) is 16.0. The minimum absolute atomic E-state index is 0.0287. The molecule has 0 saturated heterocycles. The van der Waals surface area contributed by atoms with Crippen LogP contribution in [0.2, 0.25) is 0 Å². The molecule has 22 heteroatoms. The Morgan fingerprint density at radius 1 is 1.06 bits per heavy atom. The van der Waals surface area contributed by atoms with Crippen LogP contribution in [0.4, 0.5) is 14.0 Å². The maximum Gasteiger partial charge on any atom is 0.508 e. The van der Waals surface area contributed by atoms with Gasteiger partial charge in [-0.3, -0.25) is 9.59 Å². The highest BCUT2D eigenvalue weighted by Crippen LogP contribution is 2.69. The Morgan fingerprint density at radius 2 is 1.75 bits per heavy atom. The molecule has 4 rings (SSSR count). The van der Waals surface area contributed by atoms with E-state index in [0.29, 0.717) is 5.57 Å². The van der Waals surface area contributed by atoms with E-state index in [0.717, 1.165) is 0 Å². The van der Waals surface area contributed by atoms with Gasteiger partial charge in [0, 0.05) is 29.6 Å². The van der Waals surface area contributed by atoms with Crippen molar-refractivity contribution in [2.24, 2.45) is 22.7 Å². The van der Waals surface area contributed by atoms with Crippen molar-refractivity contribution in [1.29, 1.82) is 0 Å². The molecule has 4 aliphatic carbocycles. The van der Waals surface area contributed by atoms with Gasteiger partial charge in [-0.15, -0.1) is 20.2 Å². The van der Waals surface area contributed by atoms with E-state index in [9.17, 15) is 64.6 Å². The van der Waals surface area contributed by atoms with E-state index in [-0.39, 0.29) is 25.0 Å². The van der Waals surface area contributed by atoms with Crippen molar-refractivity contribution < 1.29 is 82.8 Å². The Kier molecular flexibility index (Phi) is 11.4. The number of aliphatic carboxylic acids is 1. The average Bonchev–Trinajstić information content (AvgIpc) is 3.26. The van der Waals surface area contributed by atoms with Gasteiger partial charge in [-0.05, 0) is 38.2 Å². The van der Waals surface area contributed by atoms with Crippen LogP contribution in [0.5, 0.6) is 0 Å². The van der Waals surface area contributed by atoms with Crippen LogP contribution in [0.15, 0.2) is 23.8 Å². The van der Waals surface area contributed by atoms with Gasteiger partial charge in [-0.2, -0.15) is 0 Å². The van der Waals surface area contributed by atoms with E-state index in [1.807, 2.05) is 5.32 Å². The summed E-state index contributed by atoms with van der Waals surface area (Å²) in [5.41, 5.74) is -7.43. The first-order chi connectivity index (χ1) is 24.2. The first-order valence-electron chi connectivity index (χ1n) is 16.0. The van der Waals surface area contributed by atoms with Crippen molar-refractivity contribution in [2.45, 2.75) is 81.6 Å². The molecule has 0 radical (unpaired) electrons. The molecular weight excluding hydrogens is 709 g/mol. The number of fused-ring (bicyclic) bond motifs is 5. The topological polar surface area (TPSA) is 311 Å². The highest BCUT2D eigenvalue weighted by molar-refractivity contribution is 5.94. The highest BCUT2D eigenvalue weighted by atomic mass is 19.1. The van der Waals surface area contributed by atoms with Crippen LogP contribution in [0.3, 0.4) is 0 Å². The number of allylic oxidation sites excluding steroid dienone is 4. The van der Waals surface area contributed by atoms with Crippen LogP contribution < -0.4 is 5.32 Å². The second kappa shape index (κ2) is 14.9. The summed E-state index contributed by atoms with van der Waals surface area (Å²) in [7, 11) is 0. The normalized spacial score (nSPS) is 34.2. The molecule has 1 amide bonds. The molecule has 2 unspecified atom stereocenters. The van der Waals surface area contributed by atoms with Crippen molar-refractivity contribution in [1.82, 2.24) is 5.32 Å². The molecule has 0 bridgehead atoms. The number of carboxylic acid groups (broad SMARTS) is 1. The lowest BCUT2D eigenvalue weighted by atomic mass is 9.45. The maximum atomic E-state index is 17.3. The molecule has 0 spiro atoms. The summed E-state index contributed by atoms with van der Waals surface area (Å²) in [6.07, 6.45) is -4.86. The largest absolute Gasteiger partial charge is 0.508 e. The number of alkyl carbamates (subject to hydrolysis) is 1. The lowest BCUT2D eigenvalue weighted by Crippen LogP contribution is -2.69. The van der Waals surface area contributed by atoms with Crippen LogP contribution >= 0.6 is 0 Å². The van der Waals surface area contributed by atoms with Gasteiger partial charge in [0.15, 0.2) is 29.7 Å². The minimum atomic E-state index is -2.64. The number of carbonyl (C=O) groups is 5. The molecule has 0 aliphatic heterocycles. The van der Waals surface area contributed by atoms with E-state index in [4.69, 9.17) is 4.74 Å². The molecule has 0 aromatic heterocycles. The van der Waals surface area contributed by atoms with Crippen molar-refractivity contribution in [3.63, 3.8) is 0 Å². The van der Waals surface area contributed by atoms with Crippen molar-refractivity contribution >= 4 is 29.8 Å². The number of carbonyl (C=O) groups excluding carboxylic acids is 4. The van der Waals surface area contributed by atoms with Gasteiger partial charge >= 0.3 is 18.2 Å². The van der Waals surface area contributed by atoms with Gasteiger partial charge in [0.05, 0.1) is 18.8 Å². The van der Waals surface area contributed by atoms with E-state index in [2.05, 4.69) is 19.1 Å². The van der Waals surface area contributed by atoms with Gasteiger partial charge in [-0.25, -0.2) is 18.8 Å². The molecule has 21 nitrogen and oxygen atoms in total. The standard InChI is InChI=1S/C30H38FN3O18/c1-27-7-5-16(35)9-15(27)3-4-18-19-10-21(36)30(43,28(19,2)11-22(37)29(18,27)31)23(38)14-49-25(41)32-20(24(39)40)13-50-26(42)48-8-6-17(52-34(46)47)12-51-33(44)45/h3,5,7,17-22,36-37,43H,4,6,8-14H2,1-2H3,(H,32,41)(H,39,40)/t17?,18-,19-,20?,21+,22-,27-,28-,29-,30-/m0/s1. The van der Waals surface area contributed by atoms with Gasteiger partial charge < -0.3 is 49.6 Å². The zero-order chi connectivity index (χ0) is 38.8. The summed E-state index contributed by atoms with van der Waals surface area (Å²) >= 11 is 0. The zero-order valence-electron chi connectivity index (χ0n) is 27.8. The van der Waals surface area contributed by atoms with Crippen LogP contribution in [0, 0.1) is 42.9 Å². The fraction of sp³-hybridized carbons (Fsp3) is 0.700. The molecule has 10 atom stereocenters. The van der Waals surface area contributed by atoms with E-state index in [1.54, 1.807) is 13.0 Å². The summed E-state index contributed by atoms with van der Waals surface area (Å²) in [6, 6.07) is -1.97. The number of hydrogen-bond donors (Lipinski definition) is 5. The van der Waals surface area contributed by atoms with Crippen molar-refractivity contribution in [2.75, 3.05) is 26.4 Å². The number of carboxylic acids is 1. The number of nitrogens with zero attached hydrogens (tertiary/aromatic N) is 2. The molecule has 0 aromatic carbocycles. The summed E-state index contributed by atoms with van der Waals surface area (Å²) in [5, 5.41) is 63.8. The fourth-order valence-electron chi connectivity index (χ4n) is 8.13. The monoisotopic (exact) mass is 747 g/mol. The quantitative estimate of drug-likeness (QED) is 0.0643. The van der Waals surface area contributed by atoms with E-state index in [1.165, 1.54) is 19.1 Å². The van der Waals surface area contributed by atoms with Crippen molar-refractivity contribution in [3.8, 4) is 0 Å². The molecule has 4 aliphatic rings. The summed E-state index contributed by atoms with van der Waals surface area (Å²) in [4.78, 5) is 90.5. The predicted molar refractivity (Wildman–Crippen MR) is 162 cm³/mol. The minimum Gasteiger partial charge on any atom is -0.480 e. The maximum absolute atomic E-state index is 17.3. The van der Waals surface area contributed by atoms with Gasteiger partial charge in [0.2, 0.25) is 5.78 Å². The molecule has 0 heterocycles. The zero-order valence-corrected chi connectivity index (χ0v) is 27.8. The number of amides is 1. The molecule has 2 saturated carbocycles. The Balaban J connectivity index is 1.34. The summed E-state index contributed by atoms with van der Waals surface area (Å²) < 4.78 is 31.3. The number of halogens is 1. The lowest BCUT2D eigenvalue weighted by Gasteiger charge is -2.61. The predicted octanol–water partition coefficient (Wildman–Crippen LogP) is 0.136. The van der Waals surface area contributed by atoms with Crippen LogP contribution in [-0.4, -0.2) is 122 Å². The third-order valence-corrected chi connectivity index (χ3v) is 10.8. The highest BCUT2D eigenvalue weighted by Gasteiger charge is 2.76. The van der Waals surface area contributed by atoms with Crippen molar-refractivity contribution in [3.05, 3.63) is 44.0 Å². The average molecular weight is 748 g/mol. The van der Waals surface area contributed by atoms with Gasteiger partial charge in [-0.1, -0.05) is 24.6 Å². The number of aliphatic hydroxyl groups is 3. The summed E-state index contributed by atoms with van der Waals surface area (Å²) in [5.74, 6) is -5.02. The van der Waals surface area contributed by atoms with E-state index < -0.39 is 132 Å². The SMILES string of the molecule is C[C@]12C=CC(=O)CC1=CC[C@H]1[C@@H]3C[C@@H](O)[C@](O)(C(=O)COC(=O)NC(COC(=O)OCCC(CO[N+](=O)[O-])O[N+](=O)[O-])C(=O)O)[C@@]3(C)C[C@H](O)[C@@]12F. The Bertz CT molecular complexity index is 1560. The first kappa shape index (κ1) is 39.8. The van der Waals surface area contributed by atoms with E-state index >= 15 is 4.39 Å². The van der Waals surface area contributed by atoms with Crippen LogP contribution in [0.25, 0.3) is 0 Å². The number of alkyl halides is 1. The lowest BCUT2D eigenvalue weighted by molar-refractivity contribution is -0.790. The molecular formula is C30H38FN3O18. The number of Topliss-reactive ketones (excluding diaryl/α,β-unsaturated/α-hetero) is 1. The molecule has 288 valence electrons. The Labute approximate surface area is 292 Å². The number of hydrogen-bond acceptors (Lipinski definition) is 17. The number of ether oxygens (including phenoxy) is 3. The van der Waals surface area contributed by atoms with Gasteiger partial charge in [0.1, 0.15) is 19.3 Å². The third-order valence-electron chi connectivity index (χ3n) is 10.8. The molecule has 0 aromatic rings. The summed E-state index contributed by atoms with van der Waals surface area (Å²) in [6.45, 7) is -0.788. The number of ketones is 2. The number of aliphatic hydroxyl groups excluding tert-OH is 2. The molecule has 5 N–H and O–H groups in total. The Morgan fingerprint density at radius 3 is 2.38 bits per heavy atom.